The van der Waals surface area contributed by atoms with Crippen molar-refractivity contribution in [1.29, 1.82) is 0 Å². The van der Waals surface area contributed by atoms with Crippen LogP contribution < -0.4 is 16.0 Å². The lowest BCUT2D eigenvalue weighted by molar-refractivity contribution is -0.117. The van der Waals surface area contributed by atoms with Gasteiger partial charge in [0.1, 0.15) is 0 Å². The summed E-state index contributed by atoms with van der Waals surface area (Å²) in [6, 6.07) is 21.1. The topological polar surface area (TPSA) is 87.3 Å². The normalized spacial score (nSPS) is 16.7. The lowest BCUT2D eigenvalue weighted by Crippen LogP contribution is -2.16. The third-order valence-electron chi connectivity index (χ3n) is 5.64. The summed E-state index contributed by atoms with van der Waals surface area (Å²) in [5.41, 5.74) is 3.78. The Morgan fingerprint density at radius 3 is 2.00 bits per heavy atom. The Morgan fingerprint density at radius 2 is 1.34 bits per heavy atom. The van der Waals surface area contributed by atoms with Gasteiger partial charge in [-0.05, 0) is 73.4 Å². The van der Waals surface area contributed by atoms with Gasteiger partial charge in [-0.25, -0.2) is 0 Å². The Labute approximate surface area is 187 Å². The molecule has 2 atom stereocenters. The van der Waals surface area contributed by atoms with Crippen LogP contribution in [0.4, 0.5) is 17.1 Å². The molecule has 1 fully saturated rings. The third-order valence-corrected chi connectivity index (χ3v) is 5.64. The second kappa shape index (κ2) is 9.06. The average Bonchev–Trinajstić information content (AvgIpc) is 3.54. The predicted molar refractivity (Wildman–Crippen MR) is 126 cm³/mol. The summed E-state index contributed by atoms with van der Waals surface area (Å²) in [6.07, 6.45) is 0.927. The number of amides is 3. The van der Waals surface area contributed by atoms with Gasteiger partial charge >= 0.3 is 0 Å². The molecule has 162 valence electrons. The molecule has 3 aromatic rings. The highest BCUT2D eigenvalue weighted by molar-refractivity contribution is 6.07. The first-order valence-electron chi connectivity index (χ1n) is 10.6. The minimum absolute atomic E-state index is 0.0275. The van der Waals surface area contributed by atoms with Crippen molar-refractivity contribution in [3.05, 3.63) is 89.5 Å². The van der Waals surface area contributed by atoms with E-state index in [0.717, 1.165) is 12.0 Å². The molecule has 0 heterocycles. The summed E-state index contributed by atoms with van der Waals surface area (Å²) >= 11 is 0. The highest BCUT2D eigenvalue weighted by atomic mass is 16.2. The van der Waals surface area contributed by atoms with Gasteiger partial charge in [-0.15, -0.1) is 0 Å². The SMILES string of the molecule is Cc1ccc(NC(=O)c2ccccc2)cc1NC(=O)c1ccc(NC(=O)C2CC2C)cc1. The van der Waals surface area contributed by atoms with Gasteiger partial charge in [-0.3, -0.25) is 14.4 Å². The molecule has 3 N–H and O–H groups in total. The zero-order valence-electron chi connectivity index (χ0n) is 18.0. The van der Waals surface area contributed by atoms with Crippen LogP contribution in [0.15, 0.2) is 72.8 Å². The number of benzene rings is 3. The lowest BCUT2D eigenvalue weighted by atomic mass is 10.1. The van der Waals surface area contributed by atoms with Crippen molar-refractivity contribution < 1.29 is 14.4 Å². The Hall–Kier alpha value is -3.93. The minimum Gasteiger partial charge on any atom is -0.326 e. The zero-order valence-corrected chi connectivity index (χ0v) is 18.0. The number of hydrogen-bond donors (Lipinski definition) is 3. The van der Waals surface area contributed by atoms with Gasteiger partial charge in [-0.2, -0.15) is 0 Å². The first-order chi connectivity index (χ1) is 15.4. The van der Waals surface area contributed by atoms with Crippen molar-refractivity contribution in [2.24, 2.45) is 11.8 Å². The van der Waals surface area contributed by atoms with Crippen LogP contribution >= 0.6 is 0 Å². The summed E-state index contributed by atoms with van der Waals surface area (Å²) in [4.78, 5) is 37.2. The first-order valence-corrected chi connectivity index (χ1v) is 10.6. The van der Waals surface area contributed by atoms with Crippen LogP contribution in [0.2, 0.25) is 0 Å². The molecule has 0 bridgehead atoms. The van der Waals surface area contributed by atoms with Crippen molar-refractivity contribution >= 4 is 34.8 Å². The summed E-state index contributed by atoms with van der Waals surface area (Å²) in [5, 5.41) is 8.64. The number of carbonyl (C=O) groups is 3. The molecule has 1 aliphatic rings. The second-order valence-electron chi connectivity index (χ2n) is 8.19. The van der Waals surface area contributed by atoms with Crippen molar-refractivity contribution in [3.8, 4) is 0 Å². The number of rotatable bonds is 6. The fraction of sp³-hybridized carbons (Fsp3) is 0.192. The Bertz CT molecular complexity index is 1160. The summed E-state index contributed by atoms with van der Waals surface area (Å²) in [5.74, 6) is 0.0742. The molecule has 0 saturated heterocycles. The van der Waals surface area contributed by atoms with E-state index in [1.807, 2.05) is 19.1 Å². The van der Waals surface area contributed by atoms with Gasteiger partial charge in [0.2, 0.25) is 5.91 Å². The number of carbonyl (C=O) groups excluding carboxylic acids is 3. The summed E-state index contributed by atoms with van der Waals surface area (Å²) in [6.45, 7) is 3.94. The van der Waals surface area contributed by atoms with Crippen LogP contribution in [0.5, 0.6) is 0 Å². The molecular weight excluding hydrogens is 402 g/mol. The molecule has 3 amide bonds. The largest absolute Gasteiger partial charge is 0.326 e. The monoisotopic (exact) mass is 427 g/mol. The standard InChI is InChI=1S/C26H25N3O3/c1-16-8-11-21(28-24(30)18-6-4-3-5-7-18)15-23(16)29-25(31)19-9-12-20(13-10-19)27-26(32)22-14-17(22)2/h3-13,15,17,22H,14H2,1-2H3,(H,27,32)(H,28,30)(H,29,31). The van der Waals surface area contributed by atoms with Crippen LogP contribution in [-0.2, 0) is 4.79 Å². The van der Waals surface area contributed by atoms with Gasteiger partial charge in [0.15, 0.2) is 0 Å². The Morgan fingerprint density at radius 1 is 0.750 bits per heavy atom. The molecule has 6 nitrogen and oxygen atoms in total. The van der Waals surface area contributed by atoms with E-state index in [-0.39, 0.29) is 23.6 Å². The van der Waals surface area contributed by atoms with Crippen LogP contribution in [0.3, 0.4) is 0 Å². The molecule has 1 saturated carbocycles. The van der Waals surface area contributed by atoms with E-state index in [1.165, 1.54) is 0 Å². The molecule has 0 radical (unpaired) electrons. The van der Waals surface area contributed by atoms with Gasteiger partial charge in [0, 0.05) is 34.1 Å². The molecule has 6 heteroatoms. The summed E-state index contributed by atoms with van der Waals surface area (Å²) < 4.78 is 0. The Balaban J connectivity index is 1.40. The highest BCUT2D eigenvalue weighted by Gasteiger charge is 2.39. The smallest absolute Gasteiger partial charge is 0.255 e. The van der Waals surface area contributed by atoms with Crippen molar-refractivity contribution in [2.75, 3.05) is 16.0 Å². The van der Waals surface area contributed by atoms with Crippen molar-refractivity contribution in [1.82, 2.24) is 0 Å². The lowest BCUT2D eigenvalue weighted by Gasteiger charge is -2.12. The zero-order chi connectivity index (χ0) is 22.7. The molecular formula is C26H25N3O3. The van der Waals surface area contributed by atoms with Crippen molar-refractivity contribution in [3.63, 3.8) is 0 Å². The van der Waals surface area contributed by atoms with E-state index < -0.39 is 0 Å². The predicted octanol–water partition coefficient (Wildman–Crippen LogP) is 5.09. The van der Waals surface area contributed by atoms with Crippen LogP contribution in [0.25, 0.3) is 0 Å². The highest BCUT2D eigenvalue weighted by Crippen LogP contribution is 2.38. The maximum absolute atomic E-state index is 12.7. The molecule has 4 rings (SSSR count). The number of hydrogen-bond acceptors (Lipinski definition) is 3. The third kappa shape index (κ3) is 5.03. The molecule has 0 aromatic heterocycles. The Kier molecular flexibility index (Phi) is 6.03. The quantitative estimate of drug-likeness (QED) is 0.512. The molecule has 2 unspecified atom stereocenters. The van der Waals surface area contributed by atoms with Crippen molar-refractivity contribution in [2.45, 2.75) is 20.3 Å². The average molecular weight is 428 g/mol. The maximum Gasteiger partial charge on any atom is 0.255 e. The number of anilines is 3. The molecule has 32 heavy (non-hydrogen) atoms. The van der Waals surface area contributed by atoms with E-state index in [9.17, 15) is 14.4 Å². The molecule has 0 aliphatic heterocycles. The van der Waals surface area contributed by atoms with E-state index >= 15 is 0 Å². The van der Waals surface area contributed by atoms with Gasteiger partial charge < -0.3 is 16.0 Å². The fourth-order valence-electron chi connectivity index (χ4n) is 3.45. The van der Waals surface area contributed by atoms with Crippen LogP contribution in [0, 0.1) is 18.8 Å². The van der Waals surface area contributed by atoms with Gasteiger partial charge in [-0.1, -0.05) is 31.2 Å². The molecule has 1 aliphatic carbocycles. The minimum atomic E-state index is -0.270. The second-order valence-corrected chi connectivity index (χ2v) is 8.19. The fourth-order valence-corrected chi connectivity index (χ4v) is 3.45. The molecule has 0 spiro atoms. The number of aryl methyl sites for hydroxylation is 1. The van der Waals surface area contributed by atoms with Crippen LogP contribution in [0.1, 0.15) is 39.6 Å². The molecule has 3 aromatic carbocycles. The van der Waals surface area contributed by atoms with Gasteiger partial charge in [0.25, 0.3) is 11.8 Å². The van der Waals surface area contributed by atoms with E-state index in [0.29, 0.717) is 34.1 Å². The van der Waals surface area contributed by atoms with E-state index in [2.05, 4.69) is 22.9 Å². The van der Waals surface area contributed by atoms with E-state index in [4.69, 9.17) is 0 Å². The summed E-state index contributed by atoms with van der Waals surface area (Å²) in [7, 11) is 0. The number of nitrogens with one attached hydrogen (secondary N) is 3. The first kappa shape index (κ1) is 21.3. The maximum atomic E-state index is 12.7. The van der Waals surface area contributed by atoms with Gasteiger partial charge in [0.05, 0.1) is 0 Å². The van der Waals surface area contributed by atoms with E-state index in [1.54, 1.807) is 60.7 Å². The van der Waals surface area contributed by atoms with Crippen LogP contribution in [-0.4, -0.2) is 17.7 Å².